The topological polar surface area (TPSA) is 29.1 Å². The van der Waals surface area contributed by atoms with Crippen LogP contribution in [0, 0.1) is 0 Å². The molecule has 0 heterocycles. The fraction of sp³-hybridized carbons (Fsp3) is 0.875. The highest BCUT2D eigenvalue weighted by Gasteiger charge is 2.02. The zero-order chi connectivity index (χ0) is 7.98. The van der Waals surface area contributed by atoms with E-state index in [2.05, 4.69) is 12.2 Å². The molecule has 2 heteroatoms. The lowest BCUT2D eigenvalue weighted by molar-refractivity contribution is -0.121. The van der Waals surface area contributed by atoms with Crippen molar-refractivity contribution in [1.82, 2.24) is 5.32 Å². The molecule has 1 atom stereocenters. The second kappa shape index (κ2) is 5.27. The van der Waals surface area contributed by atoms with Gasteiger partial charge in [-0.2, -0.15) is 0 Å². The first-order chi connectivity index (χ1) is 4.70. The Morgan fingerprint density at radius 3 is 2.50 bits per heavy atom. The largest absolute Gasteiger partial charge is 0.354 e. The molecule has 0 aromatic heterocycles. The lowest BCUT2D eigenvalue weighted by atomic mass is 10.2. The zero-order valence-corrected chi connectivity index (χ0v) is 7.11. The number of rotatable bonds is 4. The first-order valence-electron chi connectivity index (χ1n) is 4.00. The van der Waals surface area contributed by atoms with Crippen LogP contribution in [-0.4, -0.2) is 11.9 Å². The lowest BCUT2D eigenvalue weighted by Crippen LogP contribution is -2.31. The van der Waals surface area contributed by atoms with Gasteiger partial charge in [0.1, 0.15) is 0 Å². The smallest absolute Gasteiger partial charge is 0.220 e. The molecule has 0 rings (SSSR count). The van der Waals surface area contributed by atoms with Gasteiger partial charge in [0.2, 0.25) is 5.91 Å². The maximum atomic E-state index is 10.9. The summed E-state index contributed by atoms with van der Waals surface area (Å²) in [6.45, 7) is 6.10. The Morgan fingerprint density at radius 1 is 1.50 bits per heavy atom. The minimum Gasteiger partial charge on any atom is -0.354 e. The third kappa shape index (κ3) is 4.36. The monoisotopic (exact) mass is 143 g/mol. The molecular formula is C8H17NO. The third-order valence-corrected chi connectivity index (χ3v) is 1.50. The van der Waals surface area contributed by atoms with Gasteiger partial charge in [0, 0.05) is 12.5 Å². The van der Waals surface area contributed by atoms with Crippen molar-refractivity contribution in [3.8, 4) is 0 Å². The normalized spacial score (nSPS) is 12.7. The van der Waals surface area contributed by atoms with Crippen molar-refractivity contribution in [2.45, 2.75) is 46.1 Å². The van der Waals surface area contributed by atoms with Crippen molar-refractivity contribution in [3.63, 3.8) is 0 Å². The van der Waals surface area contributed by atoms with Gasteiger partial charge in [-0.1, -0.05) is 13.8 Å². The van der Waals surface area contributed by atoms with E-state index in [-0.39, 0.29) is 5.91 Å². The van der Waals surface area contributed by atoms with Crippen LogP contribution in [0.2, 0.25) is 0 Å². The molecule has 60 valence electrons. The number of carbonyl (C=O) groups excluding carboxylic acids is 1. The summed E-state index contributed by atoms with van der Waals surface area (Å²) in [5.74, 6) is 0.178. The second-order valence-electron chi connectivity index (χ2n) is 2.63. The van der Waals surface area contributed by atoms with E-state index >= 15 is 0 Å². The zero-order valence-electron chi connectivity index (χ0n) is 7.11. The van der Waals surface area contributed by atoms with Gasteiger partial charge in [-0.25, -0.2) is 0 Å². The van der Waals surface area contributed by atoms with E-state index in [1.54, 1.807) is 0 Å². The summed E-state index contributed by atoms with van der Waals surface area (Å²) in [4.78, 5) is 10.9. The summed E-state index contributed by atoms with van der Waals surface area (Å²) in [6, 6.07) is 0.332. The Labute approximate surface area is 63.0 Å². The van der Waals surface area contributed by atoms with Crippen LogP contribution < -0.4 is 5.32 Å². The number of nitrogens with one attached hydrogen (secondary N) is 1. The van der Waals surface area contributed by atoms with E-state index in [4.69, 9.17) is 0 Å². The summed E-state index contributed by atoms with van der Waals surface area (Å²) >= 11 is 0. The van der Waals surface area contributed by atoms with E-state index in [1.807, 2.05) is 13.8 Å². The molecule has 0 unspecified atom stereocenters. The van der Waals surface area contributed by atoms with Crippen molar-refractivity contribution < 1.29 is 4.79 Å². The molecule has 0 aliphatic carbocycles. The highest BCUT2D eigenvalue weighted by Crippen LogP contribution is 1.91. The Balaban J connectivity index is 3.37. The third-order valence-electron chi connectivity index (χ3n) is 1.50. The Hall–Kier alpha value is -0.530. The molecule has 1 N–H and O–H groups in total. The van der Waals surface area contributed by atoms with Crippen LogP contribution in [0.15, 0.2) is 0 Å². The van der Waals surface area contributed by atoms with Crippen molar-refractivity contribution in [1.29, 1.82) is 0 Å². The van der Waals surface area contributed by atoms with Crippen molar-refractivity contribution in [2.24, 2.45) is 0 Å². The number of carbonyl (C=O) groups is 1. The van der Waals surface area contributed by atoms with Gasteiger partial charge in [-0.15, -0.1) is 0 Å². The Bertz CT molecular complexity index is 101. The van der Waals surface area contributed by atoms with E-state index in [0.29, 0.717) is 12.5 Å². The summed E-state index contributed by atoms with van der Waals surface area (Å²) in [6.07, 6.45) is 2.60. The molecule has 0 aromatic carbocycles. The van der Waals surface area contributed by atoms with Crippen LogP contribution in [0.5, 0.6) is 0 Å². The predicted octanol–water partition coefficient (Wildman–Crippen LogP) is 1.70. The van der Waals surface area contributed by atoms with E-state index in [0.717, 1.165) is 12.8 Å². The SMILES string of the molecule is CCCC(=O)N[C@H](C)CC. The van der Waals surface area contributed by atoms with Crippen molar-refractivity contribution >= 4 is 5.91 Å². The van der Waals surface area contributed by atoms with Crippen LogP contribution in [-0.2, 0) is 4.79 Å². The van der Waals surface area contributed by atoms with Crippen LogP contribution in [0.4, 0.5) is 0 Å². The van der Waals surface area contributed by atoms with E-state index in [9.17, 15) is 4.79 Å². The summed E-state index contributed by atoms with van der Waals surface area (Å²) in [5.41, 5.74) is 0. The Morgan fingerprint density at radius 2 is 2.10 bits per heavy atom. The van der Waals surface area contributed by atoms with Gasteiger partial charge in [-0.05, 0) is 19.8 Å². The molecule has 0 aliphatic heterocycles. The van der Waals surface area contributed by atoms with Gasteiger partial charge >= 0.3 is 0 Å². The molecule has 10 heavy (non-hydrogen) atoms. The molecule has 2 nitrogen and oxygen atoms in total. The lowest BCUT2D eigenvalue weighted by Gasteiger charge is -2.09. The van der Waals surface area contributed by atoms with Crippen molar-refractivity contribution in [2.75, 3.05) is 0 Å². The highest BCUT2D eigenvalue weighted by atomic mass is 16.1. The van der Waals surface area contributed by atoms with Gasteiger partial charge in [0.05, 0.1) is 0 Å². The van der Waals surface area contributed by atoms with Crippen LogP contribution in [0.25, 0.3) is 0 Å². The second-order valence-corrected chi connectivity index (χ2v) is 2.63. The van der Waals surface area contributed by atoms with Gasteiger partial charge in [0.15, 0.2) is 0 Å². The molecule has 0 spiro atoms. The van der Waals surface area contributed by atoms with E-state index < -0.39 is 0 Å². The quantitative estimate of drug-likeness (QED) is 0.637. The fourth-order valence-corrected chi connectivity index (χ4v) is 0.676. The molecule has 0 fully saturated rings. The molecule has 0 saturated carbocycles. The molecular weight excluding hydrogens is 126 g/mol. The first kappa shape index (κ1) is 9.47. The summed E-state index contributed by atoms with van der Waals surface area (Å²) in [7, 11) is 0. The molecule has 0 bridgehead atoms. The van der Waals surface area contributed by atoms with Crippen LogP contribution >= 0.6 is 0 Å². The van der Waals surface area contributed by atoms with E-state index in [1.165, 1.54) is 0 Å². The molecule has 0 aliphatic rings. The highest BCUT2D eigenvalue weighted by molar-refractivity contribution is 5.76. The predicted molar refractivity (Wildman–Crippen MR) is 42.8 cm³/mol. The van der Waals surface area contributed by atoms with Crippen LogP contribution in [0.1, 0.15) is 40.0 Å². The van der Waals surface area contributed by atoms with Gasteiger partial charge in [0.25, 0.3) is 0 Å². The Kier molecular flexibility index (Phi) is 4.99. The van der Waals surface area contributed by atoms with Gasteiger partial charge in [-0.3, -0.25) is 4.79 Å². The molecule has 0 saturated heterocycles. The number of hydrogen-bond acceptors (Lipinski definition) is 1. The maximum absolute atomic E-state index is 10.9. The van der Waals surface area contributed by atoms with Crippen LogP contribution in [0.3, 0.4) is 0 Å². The number of amides is 1. The van der Waals surface area contributed by atoms with Crippen molar-refractivity contribution in [3.05, 3.63) is 0 Å². The molecule has 0 radical (unpaired) electrons. The number of hydrogen-bond donors (Lipinski definition) is 1. The standard InChI is InChI=1S/C8H17NO/c1-4-6-8(10)9-7(3)5-2/h7H,4-6H2,1-3H3,(H,9,10)/t7-/m1/s1. The molecule has 1 amide bonds. The summed E-state index contributed by atoms with van der Waals surface area (Å²) in [5, 5.41) is 2.89. The average molecular weight is 143 g/mol. The molecule has 0 aromatic rings. The summed E-state index contributed by atoms with van der Waals surface area (Å²) < 4.78 is 0. The minimum absolute atomic E-state index is 0.178. The average Bonchev–Trinajstić information content (AvgIpc) is 1.88. The first-order valence-corrected chi connectivity index (χ1v) is 4.00. The fourth-order valence-electron chi connectivity index (χ4n) is 0.676. The minimum atomic E-state index is 0.178. The van der Waals surface area contributed by atoms with Gasteiger partial charge < -0.3 is 5.32 Å². The maximum Gasteiger partial charge on any atom is 0.220 e.